The van der Waals surface area contributed by atoms with Crippen LogP contribution in [0.5, 0.6) is 0 Å². The van der Waals surface area contributed by atoms with Crippen molar-refractivity contribution in [3.8, 4) is 0 Å². The van der Waals surface area contributed by atoms with Crippen LogP contribution in [-0.4, -0.2) is 36.3 Å². The Morgan fingerprint density at radius 1 is 1.00 bits per heavy atom. The zero-order chi connectivity index (χ0) is 22.6. The molecular formula is C29H40N4. The summed E-state index contributed by atoms with van der Waals surface area (Å²) >= 11 is 0. The number of hydrogen-bond acceptors (Lipinski definition) is 3. The van der Waals surface area contributed by atoms with Crippen molar-refractivity contribution in [2.24, 2.45) is 5.73 Å². The molecule has 1 aromatic heterocycles. The number of aryl methyl sites for hydroxylation is 1. The molecule has 2 aromatic carbocycles. The van der Waals surface area contributed by atoms with Crippen molar-refractivity contribution >= 4 is 10.9 Å². The number of nitrogens with two attached hydrogens (primary N) is 1. The third-order valence-electron chi connectivity index (χ3n) is 7.93. The van der Waals surface area contributed by atoms with E-state index < -0.39 is 0 Å². The lowest BCUT2D eigenvalue weighted by molar-refractivity contribution is 0.340. The average Bonchev–Trinajstić information content (AvgIpc) is 3.23. The van der Waals surface area contributed by atoms with Crippen molar-refractivity contribution in [3.05, 3.63) is 71.4 Å². The van der Waals surface area contributed by atoms with Crippen molar-refractivity contribution in [3.63, 3.8) is 0 Å². The van der Waals surface area contributed by atoms with E-state index in [1.807, 2.05) is 0 Å². The van der Waals surface area contributed by atoms with Crippen LogP contribution in [0.2, 0.25) is 0 Å². The highest BCUT2D eigenvalue weighted by Crippen LogP contribution is 2.37. The molecule has 4 heteroatoms. The average molecular weight is 445 g/mol. The van der Waals surface area contributed by atoms with E-state index in [0.717, 1.165) is 38.9 Å². The topological polar surface area (TPSA) is 55.0 Å². The van der Waals surface area contributed by atoms with Crippen LogP contribution in [-0.2, 0) is 0 Å². The number of nitrogens with zero attached hydrogens (tertiary/aromatic N) is 1. The van der Waals surface area contributed by atoms with Crippen molar-refractivity contribution < 1.29 is 0 Å². The Balaban J connectivity index is 1.44. The highest BCUT2D eigenvalue weighted by atomic mass is 15.0. The van der Waals surface area contributed by atoms with Gasteiger partial charge >= 0.3 is 0 Å². The number of piperidine rings is 1. The summed E-state index contributed by atoms with van der Waals surface area (Å²) in [5.74, 6) is 0.399. The molecule has 1 unspecified atom stereocenters. The molecule has 1 saturated carbocycles. The molecule has 1 atom stereocenters. The van der Waals surface area contributed by atoms with Crippen molar-refractivity contribution in [1.82, 2.24) is 15.2 Å². The second-order valence-corrected chi connectivity index (χ2v) is 10.3. The monoisotopic (exact) mass is 444 g/mol. The first kappa shape index (κ1) is 22.6. The summed E-state index contributed by atoms with van der Waals surface area (Å²) in [7, 11) is 0. The van der Waals surface area contributed by atoms with Gasteiger partial charge in [-0.3, -0.25) is 0 Å². The minimum absolute atomic E-state index is 0.399. The number of benzene rings is 2. The standard InChI is InChI=1S/C29H40N4/c1-21-5-4-6-22(19-21)26(15-18-32-24-11-9-23(30)10-12-24)28-20-33(25-13-16-31-17-14-25)29-8-3-2-7-27(28)29/h2-8,19-20,23-26,31-32H,9-18,30H2,1H3. The van der Waals surface area contributed by atoms with Crippen molar-refractivity contribution in [2.45, 2.75) is 75.9 Å². The Bertz CT molecular complexity index is 1040. The molecule has 33 heavy (non-hydrogen) atoms. The van der Waals surface area contributed by atoms with E-state index in [2.05, 4.69) is 76.9 Å². The third kappa shape index (κ3) is 5.18. The van der Waals surface area contributed by atoms with Gasteiger partial charge in [-0.25, -0.2) is 0 Å². The van der Waals surface area contributed by atoms with Gasteiger partial charge in [0.1, 0.15) is 0 Å². The number of nitrogens with one attached hydrogen (secondary N) is 2. The molecule has 2 aliphatic rings. The summed E-state index contributed by atoms with van der Waals surface area (Å²) in [4.78, 5) is 0. The molecular weight excluding hydrogens is 404 g/mol. The van der Waals surface area contributed by atoms with E-state index in [1.165, 1.54) is 53.3 Å². The molecule has 5 rings (SSSR count). The van der Waals surface area contributed by atoms with Crippen LogP contribution >= 0.6 is 0 Å². The summed E-state index contributed by atoms with van der Waals surface area (Å²) in [5.41, 5.74) is 11.8. The molecule has 4 N–H and O–H groups in total. The van der Waals surface area contributed by atoms with Gasteiger partial charge < -0.3 is 20.9 Å². The maximum atomic E-state index is 6.12. The number of hydrogen-bond donors (Lipinski definition) is 3. The van der Waals surface area contributed by atoms with E-state index in [1.54, 1.807) is 0 Å². The highest BCUT2D eigenvalue weighted by molar-refractivity contribution is 5.85. The predicted molar refractivity (Wildman–Crippen MR) is 139 cm³/mol. The van der Waals surface area contributed by atoms with Crippen LogP contribution in [0.4, 0.5) is 0 Å². The lowest BCUT2D eigenvalue weighted by Gasteiger charge is -2.28. The first-order valence-electron chi connectivity index (χ1n) is 13.0. The lowest BCUT2D eigenvalue weighted by atomic mass is 9.87. The maximum absolute atomic E-state index is 6.12. The Labute approximate surface area is 198 Å². The molecule has 1 aliphatic carbocycles. The zero-order valence-electron chi connectivity index (χ0n) is 20.1. The molecule has 0 amide bonds. The molecule has 1 aliphatic heterocycles. The van der Waals surface area contributed by atoms with Gasteiger partial charge in [0.2, 0.25) is 0 Å². The molecule has 2 fully saturated rings. The Kier molecular flexibility index (Phi) is 7.15. The van der Waals surface area contributed by atoms with E-state index in [0.29, 0.717) is 24.0 Å². The van der Waals surface area contributed by atoms with Gasteiger partial charge in [0.25, 0.3) is 0 Å². The summed E-state index contributed by atoms with van der Waals surface area (Å²) in [6.07, 6.45) is 10.8. The van der Waals surface area contributed by atoms with Gasteiger partial charge in [-0.15, -0.1) is 0 Å². The number of para-hydroxylation sites is 1. The van der Waals surface area contributed by atoms with Gasteiger partial charge in [-0.1, -0.05) is 48.0 Å². The van der Waals surface area contributed by atoms with Crippen LogP contribution in [0, 0.1) is 6.92 Å². The minimum Gasteiger partial charge on any atom is -0.344 e. The Hall–Kier alpha value is -2.14. The fourth-order valence-electron chi connectivity index (χ4n) is 6.04. The van der Waals surface area contributed by atoms with E-state index >= 15 is 0 Å². The summed E-state index contributed by atoms with van der Waals surface area (Å²) in [6, 6.07) is 19.8. The molecule has 176 valence electrons. The van der Waals surface area contributed by atoms with Crippen LogP contribution in [0.3, 0.4) is 0 Å². The first-order valence-corrected chi connectivity index (χ1v) is 13.0. The minimum atomic E-state index is 0.399. The second-order valence-electron chi connectivity index (χ2n) is 10.3. The molecule has 3 aromatic rings. The number of rotatable bonds is 7. The number of fused-ring (bicyclic) bond motifs is 1. The van der Waals surface area contributed by atoms with Crippen LogP contribution in [0.25, 0.3) is 10.9 Å². The van der Waals surface area contributed by atoms with Gasteiger partial charge in [0.05, 0.1) is 0 Å². The smallest absolute Gasteiger partial charge is 0.0485 e. The second kappa shape index (κ2) is 10.4. The van der Waals surface area contributed by atoms with Gasteiger partial charge in [-0.2, -0.15) is 0 Å². The van der Waals surface area contributed by atoms with Gasteiger partial charge in [0, 0.05) is 41.1 Å². The Morgan fingerprint density at radius 2 is 1.79 bits per heavy atom. The van der Waals surface area contributed by atoms with E-state index in [9.17, 15) is 0 Å². The van der Waals surface area contributed by atoms with Gasteiger partial charge in [-0.05, 0) is 88.7 Å². The van der Waals surface area contributed by atoms with E-state index in [4.69, 9.17) is 5.73 Å². The largest absolute Gasteiger partial charge is 0.344 e. The van der Waals surface area contributed by atoms with Crippen LogP contribution in [0.15, 0.2) is 54.7 Å². The third-order valence-corrected chi connectivity index (χ3v) is 7.93. The zero-order valence-corrected chi connectivity index (χ0v) is 20.1. The quantitative estimate of drug-likeness (QED) is 0.466. The lowest BCUT2D eigenvalue weighted by Crippen LogP contribution is -2.38. The maximum Gasteiger partial charge on any atom is 0.0485 e. The first-order chi connectivity index (χ1) is 16.2. The molecule has 2 heterocycles. The van der Waals surface area contributed by atoms with Crippen LogP contribution in [0.1, 0.15) is 73.6 Å². The van der Waals surface area contributed by atoms with E-state index in [-0.39, 0.29) is 0 Å². The van der Waals surface area contributed by atoms with Crippen LogP contribution < -0.4 is 16.4 Å². The molecule has 0 spiro atoms. The fourth-order valence-corrected chi connectivity index (χ4v) is 6.04. The SMILES string of the molecule is Cc1cccc(C(CCNC2CCC(N)CC2)c2cn(C3CCNCC3)c3ccccc23)c1. The molecule has 0 radical (unpaired) electrons. The normalized spacial score (nSPS) is 23.1. The summed E-state index contributed by atoms with van der Waals surface area (Å²) in [6.45, 7) is 5.49. The Morgan fingerprint density at radius 3 is 2.58 bits per heavy atom. The fraction of sp³-hybridized carbons (Fsp3) is 0.517. The van der Waals surface area contributed by atoms with Crippen molar-refractivity contribution in [1.29, 1.82) is 0 Å². The molecule has 1 saturated heterocycles. The number of aromatic nitrogens is 1. The van der Waals surface area contributed by atoms with Gasteiger partial charge in [0.15, 0.2) is 0 Å². The molecule has 4 nitrogen and oxygen atoms in total. The predicted octanol–water partition coefficient (Wildman–Crippen LogP) is 5.26. The van der Waals surface area contributed by atoms with Crippen molar-refractivity contribution in [2.75, 3.05) is 19.6 Å². The highest BCUT2D eigenvalue weighted by Gasteiger charge is 2.24. The summed E-state index contributed by atoms with van der Waals surface area (Å²) in [5, 5.41) is 8.82. The molecule has 0 bridgehead atoms. The summed E-state index contributed by atoms with van der Waals surface area (Å²) < 4.78 is 2.59.